The Bertz CT molecular complexity index is 329. The van der Waals surface area contributed by atoms with Crippen LogP contribution in [0.25, 0.3) is 0 Å². The minimum absolute atomic E-state index is 0.563. The first-order valence-electron chi connectivity index (χ1n) is 5.98. The summed E-state index contributed by atoms with van der Waals surface area (Å²) in [7, 11) is 0. The van der Waals surface area contributed by atoms with Crippen LogP contribution in [0.2, 0.25) is 0 Å². The van der Waals surface area contributed by atoms with Crippen molar-refractivity contribution in [3.05, 3.63) is 34.9 Å². The molecule has 0 atom stereocenters. The molecule has 0 aliphatic heterocycles. The van der Waals surface area contributed by atoms with Crippen molar-refractivity contribution < 1.29 is 9.59 Å². The third kappa shape index (κ3) is 9.49. The predicted octanol–water partition coefficient (Wildman–Crippen LogP) is 3.78. The van der Waals surface area contributed by atoms with E-state index < -0.39 is 0 Å². The fourth-order valence-electron chi connectivity index (χ4n) is 1.44. The van der Waals surface area contributed by atoms with Crippen LogP contribution in [0, 0.1) is 0 Å². The lowest BCUT2D eigenvalue weighted by atomic mass is 10.1. The van der Waals surface area contributed by atoms with E-state index in [4.69, 9.17) is 0 Å². The molecule has 17 heavy (non-hydrogen) atoms. The maximum Gasteiger partial charge on any atom is 0.146 e. The highest BCUT2D eigenvalue weighted by Gasteiger charge is 1.94. The molecule has 0 N–H and O–H groups in total. The second-order valence-electron chi connectivity index (χ2n) is 4.40. The lowest BCUT2D eigenvalue weighted by Gasteiger charge is -1.99. The van der Waals surface area contributed by atoms with Crippen molar-refractivity contribution in [1.82, 2.24) is 0 Å². The van der Waals surface area contributed by atoms with E-state index >= 15 is 0 Å². The van der Waals surface area contributed by atoms with Crippen LogP contribution in [0.15, 0.2) is 34.9 Å². The van der Waals surface area contributed by atoms with Crippen LogP contribution in [0.3, 0.4) is 0 Å². The Morgan fingerprint density at radius 3 is 2.12 bits per heavy atom. The molecule has 0 aliphatic rings. The Morgan fingerprint density at radius 1 is 0.941 bits per heavy atom. The molecular formula is C15H22O2. The maximum atomic E-state index is 10.6. The molecule has 0 heterocycles. The molecule has 0 saturated heterocycles. The summed E-state index contributed by atoms with van der Waals surface area (Å²) in [4.78, 5) is 20.8. The number of rotatable bonds is 8. The second kappa shape index (κ2) is 9.76. The van der Waals surface area contributed by atoms with E-state index in [0.717, 1.165) is 25.5 Å². The molecule has 0 unspecified atom stereocenters. The van der Waals surface area contributed by atoms with E-state index in [9.17, 15) is 9.59 Å². The van der Waals surface area contributed by atoms with Crippen LogP contribution in [-0.4, -0.2) is 12.6 Å². The summed E-state index contributed by atoms with van der Waals surface area (Å²) in [5, 5.41) is 0. The smallest absolute Gasteiger partial charge is 0.146 e. The topological polar surface area (TPSA) is 34.1 Å². The molecule has 0 rings (SSSR count). The van der Waals surface area contributed by atoms with Gasteiger partial charge in [0.2, 0.25) is 0 Å². The van der Waals surface area contributed by atoms with E-state index in [-0.39, 0.29) is 0 Å². The molecule has 0 bridgehead atoms. The van der Waals surface area contributed by atoms with Crippen molar-refractivity contribution in [3.63, 3.8) is 0 Å². The molecule has 0 radical (unpaired) electrons. The third-order valence-corrected chi connectivity index (χ3v) is 2.45. The van der Waals surface area contributed by atoms with Crippen LogP contribution in [0.1, 0.15) is 46.5 Å². The van der Waals surface area contributed by atoms with E-state index in [0.29, 0.717) is 18.3 Å². The largest absolute Gasteiger partial charge is 0.299 e. The van der Waals surface area contributed by atoms with Gasteiger partial charge in [-0.15, -0.1) is 0 Å². The van der Waals surface area contributed by atoms with Crippen molar-refractivity contribution in [3.8, 4) is 0 Å². The van der Waals surface area contributed by atoms with E-state index in [1.165, 1.54) is 17.2 Å². The summed E-state index contributed by atoms with van der Waals surface area (Å²) in [5.74, 6) is 0. The van der Waals surface area contributed by atoms with Crippen molar-refractivity contribution in [2.24, 2.45) is 0 Å². The van der Waals surface area contributed by atoms with Crippen LogP contribution in [-0.2, 0) is 9.59 Å². The van der Waals surface area contributed by atoms with Gasteiger partial charge in [-0.1, -0.05) is 23.3 Å². The van der Waals surface area contributed by atoms with Gasteiger partial charge in [0.25, 0.3) is 0 Å². The Labute approximate surface area is 104 Å². The molecule has 0 saturated carbocycles. The summed E-state index contributed by atoms with van der Waals surface area (Å²) >= 11 is 0. The number of carbonyl (C=O) groups is 2. The standard InChI is InChI=1S/C15H22O2/c1-13(2)6-4-7-14(3)8-5-9-15(12-17)10-11-16/h6,8,10-12H,4-5,7,9H2,1-3H3/b14-8-,15-10+. The Kier molecular flexibility index (Phi) is 8.94. The van der Waals surface area contributed by atoms with Crippen LogP contribution in [0.4, 0.5) is 0 Å². The van der Waals surface area contributed by atoms with Gasteiger partial charge in [0, 0.05) is 0 Å². The maximum absolute atomic E-state index is 10.6. The van der Waals surface area contributed by atoms with Crippen molar-refractivity contribution in [2.45, 2.75) is 46.5 Å². The third-order valence-electron chi connectivity index (χ3n) is 2.45. The van der Waals surface area contributed by atoms with Crippen molar-refractivity contribution in [2.75, 3.05) is 0 Å². The van der Waals surface area contributed by atoms with Gasteiger partial charge < -0.3 is 0 Å². The van der Waals surface area contributed by atoms with Crippen LogP contribution >= 0.6 is 0 Å². The molecule has 94 valence electrons. The molecule has 0 aromatic rings. The first-order valence-corrected chi connectivity index (χ1v) is 5.98. The van der Waals surface area contributed by atoms with Gasteiger partial charge in [-0.2, -0.15) is 0 Å². The first-order chi connectivity index (χ1) is 8.10. The lowest BCUT2D eigenvalue weighted by molar-refractivity contribution is -0.106. The zero-order chi connectivity index (χ0) is 13.1. The van der Waals surface area contributed by atoms with E-state index in [2.05, 4.69) is 32.9 Å². The molecule has 2 heteroatoms. The highest BCUT2D eigenvalue weighted by atomic mass is 16.1. The van der Waals surface area contributed by atoms with Gasteiger partial charge in [0.15, 0.2) is 0 Å². The van der Waals surface area contributed by atoms with Crippen molar-refractivity contribution >= 4 is 12.6 Å². The summed E-state index contributed by atoms with van der Waals surface area (Å²) in [5.41, 5.74) is 3.24. The summed E-state index contributed by atoms with van der Waals surface area (Å²) in [6.45, 7) is 6.29. The molecule has 0 amide bonds. The number of allylic oxidation sites excluding steroid dienone is 6. The van der Waals surface area contributed by atoms with E-state index in [1.807, 2.05) is 0 Å². The average molecular weight is 234 g/mol. The quantitative estimate of drug-likeness (QED) is 0.364. The highest BCUT2D eigenvalue weighted by Crippen LogP contribution is 2.10. The van der Waals surface area contributed by atoms with Gasteiger partial charge in [0.05, 0.1) is 0 Å². The Balaban J connectivity index is 3.99. The van der Waals surface area contributed by atoms with Gasteiger partial charge in [-0.25, -0.2) is 0 Å². The lowest BCUT2D eigenvalue weighted by Crippen LogP contribution is -1.86. The SMILES string of the molecule is CC(C)=CCC/C(C)=C\CC/C(C=O)=C\C=O. The predicted molar refractivity (Wildman–Crippen MR) is 71.9 cm³/mol. The molecule has 0 fully saturated rings. The molecule has 0 aromatic carbocycles. The second-order valence-corrected chi connectivity index (χ2v) is 4.40. The fourth-order valence-corrected chi connectivity index (χ4v) is 1.44. The summed E-state index contributed by atoms with van der Waals surface area (Å²) in [6, 6.07) is 0. The van der Waals surface area contributed by atoms with Gasteiger partial charge >= 0.3 is 0 Å². The minimum Gasteiger partial charge on any atom is -0.299 e. The van der Waals surface area contributed by atoms with Crippen LogP contribution < -0.4 is 0 Å². The molecule has 2 nitrogen and oxygen atoms in total. The molecule has 0 aromatic heterocycles. The minimum atomic E-state index is 0.563. The number of hydrogen-bond donors (Lipinski definition) is 0. The Morgan fingerprint density at radius 2 is 1.59 bits per heavy atom. The average Bonchev–Trinajstić information content (AvgIpc) is 2.27. The van der Waals surface area contributed by atoms with Gasteiger partial charge in [-0.3, -0.25) is 9.59 Å². The highest BCUT2D eigenvalue weighted by molar-refractivity contribution is 5.81. The number of aldehydes is 2. The first kappa shape index (κ1) is 15.6. The Hall–Kier alpha value is -1.44. The van der Waals surface area contributed by atoms with Gasteiger partial charge in [0.1, 0.15) is 12.6 Å². The molecule has 0 spiro atoms. The number of hydrogen-bond acceptors (Lipinski definition) is 2. The summed E-state index contributed by atoms with van der Waals surface area (Å²) < 4.78 is 0. The number of carbonyl (C=O) groups excluding carboxylic acids is 2. The van der Waals surface area contributed by atoms with Gasteiger partial charge in [-0.05, 0) is 58.1 Å². The summed E-state index contributed by atoms with van der Waals surface area (Å²) in [6.07, 6.45) is 10.7. The molecule has 0 aliphatic carbocycles. The fraction of sp³-hybridized carbons (Fsp3) is 0.467. The molecular weight excluding hydrogens is 212 g/mol. The zero-order valence-corrected chi connectivity index (χ0v) is 11.0. The normalized spacial score (nSPS) is 12.2. The monoisotopic (exact) mass is 234 g/mol. The van der Waals surface area contributed by atoms with Crippen molar-refractivity contribution in [1.29, 1.82) is 0 Å². The van der Waals surface area contributed by atoms with Crippen LogP contribution in [0.5, 0.6) is 0 Å². The zero-order valence-electron chi connectivity index (χ0n) is 11.0. The van der Waals surface area contributed by atoms with E-state index in [1.54, 1.807) is 0 Å².